The molecule has 20 heavy (non-hydrogen) atoms. The molecule has 0 saturated heterocycles. The van der Waals surface area contributed by atoms with Gasteiger partial charge in [0.25, 0.3) is 5.91 Å². The second-order valence-corrected chi connectivity index (χ2v) is 6.29. The highest BCUT2D eigenvalue weighted by Crippen LogP contribution is 2.25. The molecule has 112 valence electrons. The van der Waals surface area contributed by atoms with E-state index in [-0.39, 0.29) is 17.0 Å². The largest absolute Gasteiger partial charge is 0.370 e. The number of rotatable bonds is 6. The van der Waals surface area contributed by atoms with Gasteiger partial charge in [0.1, 0.15) is 11.5 Å². The van der Waals surface area contributed by atoms with E-state index < -0.39 is 0 Å². The molecule has 0 aliphatic rings. The Morgan fingerprint density at radius 3 is 2.60 bits per heavy atom. The molecule has 0 aliphatic carbocycles. The summed E-state index contributed by atoms with van der Waals surface area (Å²) in [6, 6.07) is 3.45. The number of carbonyl (C=O) groups is 1. The molecule has 1 rings (SSSR count). The third-order valence-electron chi connectivity index (χ3n) is 3.69. The first-order valence-corrected chi connectivity index (χ1v) is 7.34. The van der Waals surface area contributed by atoms with Crippen LogP contribution in [-0.4, -0.2) is 24.0 Å². The van der Waals surface area contributed by atoms with Crippen LogP contribution in [0.1, 0.15) is 45.1 Å². The van der Waals surface area contributed by atoms with Crippen molar-refractivity contribution in [3.8, 4) is 0 Å². The molecule has 0 saturated carbocycles. The molecule has 0 radical (unpaired) electrons. The lowest BCUT2D eigenvalue weighted by molar-refractivity contribution is 0.0920. The molecule has 5 heteroatoms. The minimum absolute atomic E-state index is 0.0292. The average molecular weight is 298 g/mol. The van der Waals surface area contributed by atoms with Crippen molar-refractivity contribution in [1.82, 2.24) is 10.3 Å². The summed E-state index contributed by atoms with van der Waals surface area (Å²) in [5, 5.41) is 6.36. The fourth-order valence-corrected chi connectivity index (χ4v) is 1.67. The number of nitrogens with one attached hydrogen (secondary N) is 2. The van der Waals surface area contributed by atoms with Crippen molar-refractivity contribution in [2.45, 2.75) is 34.6 Å². The third kappa shape index (κ3) is 4.37. The van der Waals surface area contributed by atoms with Crippen LogP contribution in [0.3, 0.4) is 0 Å². The first-order chi connectivity index (χ1) is 9.27. The molecule has 0 spiro atoms. The fourth-order valence-electron chi connectivity index (χ4n) is 1.48. The van der Waals surface area contributed by atoms with Crippen LogP contribution < -0.4 is 10.6 Å². The van der Waals surface area contributed by atoms with Gasteiger partial charge in [0, 0.05) is 13.1 Å². The summed E-state index contributed by atoms with van der Waals surface area (Å²) >= 11 is 6.05. The number of aromatic nitrogens is 1. The summed E-state index contributed by atoms with van der Waals surface area (Å²) in [7, 11) is 0. The quantitative estimate of drug-likeness (QED) is 0.844. The van der Waals surface area contributed by atoms with E-state index in [0.29, 0.717) is 23.3 Å². The number of halogens is 1. The van der Waals surface area contributed by atoms with Crippen molar-refractivity contribution in [3.05, 3.63) is 22.8 Å². The average Bonchev–Trinajstić information content (AvgIpc) is 2.38. The zero-order valence-corrected chi connectivity index (χ0v) is 13.6. The number of hydrogen-bond acceptors (Lipinski definition) is 3. The van der Waals surface area contributed by atoms with Crippen LogP contribution in [-0.2, 0) is 0 Å². The summed E-state index contributed by atoms with van der Waals surface area (Å²) in [4.78, 5) is 16.5. The van der Waals surface area contributed by atoms with Gasteiger partial charge < -0.3 is 10.6 Å². The van der Waals surface area contributed by atoms with Crippen molar-refractivity contribution < 1.29 is 4.79 Å². The van der Waals surface area contributed by atoms with Crippen LogP contribution in [0.4, 0.5) is 5.82 Å². The van der Waals surface area contributed by atoms with Crippen molar-refractivity contribution >= 4 is 23.3 Å². The first kappa shape index (κ1) is 16.8. The van der Waals surface area contributed by atoms with Crippen molar-refractivity contribution in [2.75, 3.05) is 18.4 Å². The Labute approximate surface area is 126 Å². The minimum atomic E-state index is -0.233. The Kier molecular flexibility index (Phi) is 5.81. The van der Waals surface area contributed by atoms with Crippen LogP contribution in [0.2, 0.25) is 5.02 Å². The Morgan fingerprint density at radius 1 is 1.40 bits per heavy atom. The molecule has 1 aromatic heterocycles. The van der Waals surface area contributed by atoms with E-state index in [2.05, 4.69) is 43.3 Å². The zero-order chi connectivity index (χ0) is 15.3. The van der Waals surface area contributed by atoms with E-state index in [4.69, 9.17) is 11.6 Å². The highest BCUT2D eigenvalue weighted by atomic mass is 35.5. The zero-order valence-electron chi connectivity index (χ0n) is 12.9. The molecule has 1 aromatic rings. The molecule has 0 unspecified atom stereocenters. The van der Waals surface area contributed by atoms with Gasteiger partial charge in [0.2, 0.25) is 0 Å². The Balaban J connectivity index is 2.79. The molecule has 0 bridgehead atoms. The second-order valence-electron chi connectivity index (χ2n) is 5.88. The SMILES string of the molecule is CCNc1ccc(Cl)c(C(=O)NCC(C)(C)C(C)C)n1. The van der Waals surface area contributed by atoms with Crippen LogP contribution in [0.15, 0.2) is 12.1 Å². The Bertz CT molecular complexity index is 472. The van der Waals surface area contributed by atoms with E-state index >= 15 is 0 Å². The van der Waals surface area contributed by atoms with Crippen LogP contribution in [0.25, 0.3) is 0 Å². The van der Waals surface area contributed by atoms with Crippen molar-refractivity contribution in [1.29, 1.82) is 0 Å². The second kappa shape index (κ2) is 6.93. The van der Waals surface area contributed by atoms with Gasteiger partial charge in [-0.15, -0.1) is 0 Å². The molecule has 1 amide bonds. The Hall–Kier alpha value is -1.29. The molecule has 0 aromatic carbocycles. The number of anilines is 1. The van der Waals surface area contributed by atoms with Crippen LogP contribution >= 0.6 is 11.6 Å². The summed E-state index contributed by atoms with van der Waals surface area (Å²) in [5.41, 5.74) is 0.297. The van der Waals surface area contributed by atoms with Gasteiger partial charge in [-0.25, -0.2) is 4.98 Å². The molecular weight excluding hydrogens is 274 g/mol. The highest BCUT2D eigenvalue weighted by molar-refractivity contribution is 6.33. The summed E-state index contributed by atoms with van der Waals surface area (Å²) in [6.45, 7) is 11.8. The smallest absolute Gasteiger partial charge is 0.271 e. The molecule has 0 aliphatic heterocycles. The monoisotopic (exact) mass is 297 g/mol. The van der Waals surface area contributed by atoms with Crippen molar-refractivity contribution in [2.24, 2.45) is 11.3 Å². The predicted octanol–water partition coefficient (Wildman–Crippen LogP) is 3.58. The number of amides is 1. The number of hydrogen-bond donors (Lipinski definition) is 2. The maximum absolute atomic E-state index is 12.2. The molecule has 0 fully saturated rings. The van der Waals surface area contributed by atoms with Gasteiger partial charge in [-0.05, 0) is 30.4 Å². The normalized spacial score (nSPS) is 11.6. The molecule has 0 atom stereocenters. The van der Waals surface area contributed by atoms with Gasteiger partial charge >= 0.3 is 0 Å². The van der Waals surface area contributed by atoms with E-state index in [1.807, 2.05) is 6.92 Å². The van der Waals surface area contributed by atoms with Gasteiger partial charge in [-0.3, -0.25) is 4.79 Å². The standard InChI is InChI=1S/C15H24ClN3O/c1-6-17-12-8-7-11(16)13(19-12)14(20)18-9-15(4,5)10(2)3/h7-8,10H,6,9H2,1-5H3,(H,17,19)(H,18,20). The maximum Gasteiger partial charge on any atom is 0.271 e. The number of pyridine rings is 1. The van der Waals surface area contributed by atoms with E-state index in [1.165, 1.54) is 0 Å². The Morgan fingerprint density at radius 2 is 2.05 bits per heavy atom. The summed E-state index contributed by atoms with van der Waals surface area (Å²) in [5.74, 6) is 0.896. The van der Waals surface area contributed by atoms with Gasteiger partial charge in [0.15, 0.2) is 0 Å². The first-order valence-electron chi connectivity index (χ1n) is 6.96. The van der Waals surface area contributed by atoms with Crippen LogP contribution in [0, 0.1) is 11.3 Å². The van der Waals surface area contributed by atoms with Gasteiger partial charge in [0.05, 0.1) is 5.02 Å². The van der Waals surface area contributed by atoms with Gasteiger partial charge in [-0.1, -0.05) is 39.3 Å². The molecule has 1 heterocycles. The number of nitrogens with zero attached hydrogens (tertiary/aromatic N) is 1. The van der Waals surface area contributed by atoms with Crippen LogP contribution in [0.5, 0.6) is 0 Å². The topological polar surface area (TPSA) is 54.0 Å². The lowest BCUT2D eigenvalue weighted by Gasteiger charge is -2.29. The lowest BCUT2D eigenvalue weighted by atomic mass is 9.81. The van der Waals surface area contributed by atoms with E-state index in [0.717, 1.165) is 6.54 Å². The van der Waals surface area contributed by atoms with Gasteiger partial charge in [-0.2, -0.15) is 0 Å². The molecular formula is C15H24ClN3O. The summed E-state index contributed by atoms with van der Waals surface area (Å²) in [6.07, 6.45) is 0. The molecule has 4 nitrogen and oxygen atoms in total. The highest BCUT2D eigenvalue weighted by Gasteiger charge is 2.24. The van der Waals surface area contributed by atoms with Crippen molar-refractivity contribution in [3.63, 3.8) is 0 Å². The van der Waals surface area contributed by atoms with E-state index in [1.54, 1.807) is 12.1 Å². The summed E-state index contributed by atoms with van der Waals surface area (Å²) < 4.78 is 0. The maximum atomic E-state index is 12.2. The molecule has 2 N–H and O–H groups in total. The third-order valence-corrected chi connectivity index (χ3v) is 3.99. The number of carbonyl (C=O) groups excluding carboxylic acids is 1. The predicted molar refractivity (Wildman–Crippen MR) is 84.4 cm³/mol. The van der Waals surface area contributed by atoms with E-state index in [9.17, 15) is 4.79 Å². The lowest BCUT2D eigenvalue weighted by Crippen LogP contribution is -2.37. The minimum Gasteiger partial charge on any atom is -0.370 e. The fraction of sp³-hybridized carbons (Fsp3) is 0.600.